The summed E-state index contributed by atoms with van der Waals surface area (Å²) in [6.45, 7) is 8.62. The highest BCUT2D eigenvalue weighted by Gasteiger charge is 2.11. The van der Waals surface area contributed by atoms with Crippen molar-refractivity contribution in [3.05, 3.63) is 47.7 Å². The second-order valence-corrected chi connectivity index (χ2v) is 7.80. The van der Waals surface area contributed by atoms with Crippen LogP contribution in [-0.2, 0) is 24.8 Å². The first kappa shape index (κ1) is 24.5. The molecule has 0 atom stereocenters. The third kappa shape index (κ3) is 6.42. The monoisotopic (exact) mass is 552 g/mol. The minimum atomic E-state index is 0. The first-order chi connectivity index (χ1) is 15.2. The van der Waals surface area contributed by atoms with E-state index in [-0.39, 0.29) is 24.0 Å². The van der Waals surface area contributed by atoms with Crippen molar-refractivity contribution in [2.24, 2.45) is 12.0 Å². The molecule has 1 aromatic carbocycles. The van der Waals surface area contributed by atoms with Crippen molar-refractivity contribution >= 4 is 40.8 Å². The number of hydrogen-bond acceptors (Lipinski definition) is 5. The van der Waals surface area contributed by atoms with Crippen LogP contribution >= 0.6 is 24.0 Å². The van der Waals surface area contributed by atoms with Gasteiger partial charge in [0, 0.05) is 56.9 Å². The Hall–Kier alpha value is -2.18. The second kappa shape index (κ2) is 12.2. The quantitative estimate of drug-likeness (QED) is 0.224. The maximum Gasteiger partial charge on any atom is 0.191 e. The van der Waals surface area contributed by atoms with Gasteiger partial charge in [-0.25, -0.2) is 4.99 Å². The molecule has 0 bridgehead atoms. The molecule has 1 saturated heterocycles. The smallest absolute Gasteiger partial charge is 0.191 e. The Balaban J connectivity index is 0.00000289. The zero-order valence-electron chi connectivity index (χ0n) is 18.8. The Labute approximate surface area is 206 Å². The highest BCUT2D eigenvalue weighted by molar-refractivity contribution is 14.0. The second-order valence-electron chi connectivity index (χ2n) is 7.80. The van der Waals surface area contributed by atoms with E-state index in [2.05, 4.69) is 61.2 Å². The molecule has 1 aliphatic rings. The molecule has 9 nitrogen and oxygen atoms in total. The molecular formula is C22H33IN8O. The van der Waals surface area contributed by atoms with E-state index in [1.54, 1.807) is 0 Å². The molecule has 0 spiro atoms. The number of nitrogens with one attached hydrogen (secondary N) is 3. The zero-order valence-corrected chi connectivity index (χ0v) is 21.1. The van der Waals surface area contributed by atoms with E-state index >= 15 is 0 Å². The molecule has 3 aromatic rings. The number of aliphatic imine (C=N–C) groups is 1. The zero-order chi connectivity index (χ0) is 21.5. The van der Waals surface area contributed by atoms with Gasteiger partial charge in [-0.2, -0.15) is 0 Å². The van der Waals surface area contributed by atoms with Crippen molar-refractivity contribution in [2.75, 3.05) is 45.9 Å². The lowest BCUT2D eigenvalue weighted by Crippen LogP contribution is -2.44. The Morgan fingerprint density at radius 1 is 1.16 bits per heavy atom. The minimum absolute atomic E-state index is 0. The summed E-state index contributed by atoms with van der Waals surface area (Å²) in [6, 6.07) is 8.40. The fourth-order valence-corrected chi connectivity index (χ4v) is 3.72. The summed E-state index contributed by atoms with van der Waals surface area (Å²) in [5.74, 6) is 2.54. The molecule has 10 heteroatoms. The summed E-state index contributed by atoms with van der Waals surface area (Å²) >= 11 is 0. The molecule has 4 rings (SSSR count). The third-order valence-electron chi connectivity index (χ3n) is 5.75. The summed E-state index contributed by atoms with van der Waals surface area (Å²) in [4.78, 5) is 10.5. The predicted octanol–water partition coefficient (Wildman–Crippen LogP) is 1.83. The van der Waals surface area contributed by atoms with Crippen LogP contribution in [0.25, 0.3) is 10.9 Å². The van der Waals surface area contributed by atoms with Crippen LogP contribution in [0, 0.1) is 6.92 Å². The molecule has 1 fully saturated rings. The normalized spacial score (nSPS) is 15.0. The lowest BCUT2D eigenvalue weighted by Gasteiger charge is -2.26. The lowest BCUT2D eigenvalue weighted by molar-refractivity contribution is 0.0389. The number of ether oxygens (including phenoxy) is 1. The number of benzene rings is 1. The molecule has 3 heterocycles. The van der Waals surface area contributed by atoms with Crippen LogP contribution in [0.2, 0.25) is 0 Å². The molecule has 3 N–H and O–H groups in total. The number of aromatic nitrogens is 4. The van der Waals surface area contributed by atoms with Crippen LogP contribution < -0.4 is 10.6 Å². The van der Waals surface area contributed by atoms with Crippen molar-refractivity contribution in [3.63, 3.8) is 0 Å². The van der Waals surface area contributed by atoms with E-state index in [0.29, 0.717) is 6.54 Å². The van der Waals surface area contributed by atoms with E-state index in [4.69, 9.17) is 9.73 Å². The molecule has 1 aliphatic heterocycles. The first-order valence-corrected chi connectivity index (χ1v) is 10.9. The Morgan fingerprint density at radius 3 is 2.72 bits per heavy atom. The summed E-state index contributed by atoms with van der Waals surface area (Å²) < 4.78 is 7.40. The number of hydrogen-bond donors (Lipinski definition) is 3. The molecule has 0 radical (unpaired) electrons. The number of para-hydroxylation sites is 1. The number of guanidine groups is 1. The first-order valence-electron chi connectivity index (χ1n) is 10.9. The topological polar surface area (TPSA) is 95.4 Å². The van der Waals surface area contributed by atoms with Crippen molar-refractivity contribution in [3.8, 4) is 0 Å². The van der Waals surface area contributed by atoms with Crippen LogP contribution in [0.3, 0.4) is 0 Å². The van der Waals surface area contributed by atoms with Crippen molar-refractivity contribution in [1.82, 2.24) is 35.3 Å². The standard InChI is InChI=1S/C22H32N8O.HI/c1-17-27-28-21(29(17)2)16-26-22(24-9-10-30-11-13-31-14-12-30)23-8-7-18-15-25-20-6-4-3-5-19(18)20;/h3-6,15,25H,7-14,16H2,1-2H3,(H2,23,24,26);1H. The van der Waals surface area contributed by atoms with Gasteiger partial charge in [0.25, 0.3) is 0 Å². The van der Waals surface area contributed by atoms with Gasteiger partial charge >= 0.3 is 0 Å². The van der Waals surface area contributed by atoms with E-state index in [9.17, 15) is 0 Å². The fourth-order valence-electron chi connectivity index (χ4n) is 3.72. The molecule has 0 amide bonds. The molecule has 174 valence electrons. The summed E-state index contributed by atoms with van der Waals surface area (Å²) in [6.07, 6.45) is 3.01. The number of halogens is 1. The summed E-state index contributed by atoms with van der Waals surface area (Å²) in [5.41, 5.74) is 2.48. The van der Waals surface area contributed by atoms with Gasteiger partial charge in [-0.05, 0) is 25.0 Å². The number of morpholine rings is 1. The number of rotatable bonds is 8. The van der Waals surface area contributed by atoms with E-state index < -0.39 is 0 Å². The Kier molecular flexibility index (Phi) is 9.30. The van der Waals surface area contributed by atoms with Gasteiger partial charge < -0.3 is 24.9 Å². The van der Waals surface area contributed by atoms with Crippen LogP contribution in [0.4, 0.5) is 0 Å². The SMILES string of the molecule is Cc1nnc(CN=C(NCCc2c[nH]c3ccccc23)NCCN2CCOCC2)n1C.I. The molecule has 0 saturated carbocycles. The average molecular weight is 552 g/mol. The van der Waals surface area contributed by atoms with Gasteiger partial charge in [0.15, 0.2) is 11.8 Å². The maximum absolute atomic E-state index is 5.43. The molecule has 32 heavy (non-hydrogen) atoms. The lowest BCUT2D eigenvalue weighted by atomic mass is 10.1. The highest BCUT2D eigenvalue weighted by Crippen LogP contribution is 2.17. The molecule has 0 aliphatic carbocycles. The molecule has 2 aromatic heterocycles. The Morgan fingerprint density at radius 2 is 1.94 bits per heavy atom. The van der Waals surface area contributed by atoms with Crippen LogP contribution in [-0.4, -0.2) is 76.5 Å². The van der Waals surface area contributed by atoms with Crippen LogP contribution in [0.1, 0.15) is 17.2 Å². The van der Waals surface area contributed by atoms with E-state index in [0.717, 1.165) is 70.0 Å². The maximum atomic E-state index is 5.43. The fraction of sp³-hybridized carbons (Fsp3) is 0.500. The minimum Gasteiger partial charge on any atom is -0.379 e. The van der Waals surface area contributed by atoms with Crippen LogP contribution in [0.5, 0.6) is 0 Å². The van der Waals surface area contributed by atoms with Crippen molar-refractivity contribution in [2.45, 2.75) is 19.9 Å². The third-order valence-corrected chi connectivity index (χ3v) is 5.75. The molecular weight excluding hydrogens is 519 g/mol. The van der Waals surface area contributed by atoms with Crippen LogP contribution in [0.15, 0.2) is 35.5 Å². The van der Waals surface area contributed by atoms with Gasteiger partial charge in [-0.15, -0.1) is 34.2 Å². The van der Waals surface area contributed by atoms with Crippen molar-refractivity contribution in [1.29, 1.82) is 0 Å². The largest absolute Gasteiger partial charge is 0.379 e. The number of fused-ring (bicyclic) bond motifs is 1. The van der Waals surface area contributed by atoms with Gasteiger partial charge in [0.2, 0.25) is 0 Å². The average Bonchev–Trinajstić information content (AvgIpc) is 3.36. The highest BCUT2D eigenvalue weighted by atomic mass is 127. The number of aromatic amines is 1. The summed E-state index contributed by atoms with van der Waals surface area (Å²) in [7, 11) is 1.97. The number of aryl methyl sites for hydroxylation is 1. The van der Waals surface area contributed by atoms with Gasteiger partial charge in [-0.1, -0.05) is 18.2 Å². The van der Waals surface area contributed by atoms with E-state index in [1.807, 2.05) is 18.5 Å². The summed E-state index contributed by atoms with van der Waals surface area (Å²) in [5, 5.41) is 16.6. The molecule has 0 unspecified atom stereocenters. The van der Waals surface area contributed by atoms with Crippen molar-refractivity contribution < 1.29 is 4.74 Å². The van der Waals surface area contributed by atoms with E-state index in [1.165, 1.54) is 16.5 Å². The predicted molar refractivity (Wildman–Crippen MR) is 138 cm³/mol. The number of H-pyrrole nitrogens is 1. The van der Waals surface area contributed by atoms with Gasteiger partial charge in [-0.3, -0.25) is 4.90 Å². The number of nitrogens with zero attached hydrogens (tertiary/aromatic N) is 5. The van der Waals surface area contributed by atoms with Gasteiger partial charge in [0.05, 0.1) is 13.2 Å². The Bertz CT molecular complexity index is 1010. The van der Waals surface area contributed by atoms with Gasteiger partial charge in [0.1, 0.15) is 12.4 Å².